The first-order valence-corrected chi connectivity index (χ1v) is 9.14. The third-order valence-corrected chi connectivity index (χ3v) is 4.87. The van der Waals surface area contributed by atoms with Gasteiger partial charge < -0.3 is 10.4 Å². The summed E-state index contributed by atoms with van der Waals surface area (Å²) in [6.07, 6.45) is 0.622. The van der Waals surface area contributed by atoms with Crippen LogP contribution in [0.5, 0.6) is 5.75 Å². The van der Waals surface area contributed by atoms with Crippen LogP contribution in [0.2, 0.25) is 0 Å². The molecule has 0 saturated carbocycles. The van der Waals surface area contributed by atoms with Gasteiger partial charge in [0, 0.05) is 12.1 Å². The molecule has 0 radical (unpaired) electrons. The van der Waals surface area contributed by atoms with Gasteiger partial charge in [0.15, 0.2) is 5.01 Å². The van der Waals surface area contributed by atoms with Gasteiger partial charge in [0.2, 0.25) is 0 Å². The van der Waals surface area contributed by atoms with Crippen molar-refractivity contribution in [1.29, 1.82) is 0 Å². The summed E-state index contributed by atoms with van der Waals surface area (Å²) in [5.74, 6) is 5.63. The number of carbonyl (C=O) groups is 1. The number of hydrogen-bond acceptors (Lipinski definition) is 4. The Balaban J connectivity index is 1.61. The van der Waals surface area contributed by atoms with E-state index < -0.39 is 0 Å². The first kappa shape index (κ1) is 18.6. The summed E-state index contributed by atoms with van der Waals surface area (Å²) >= 11 is 1.24. The van der Waals surface area contributed by atoms with Gasteiger partial charge in [0.05, 0.1) is 5.69 Å². The number of phenolic OH excluding ortho intramolecular Hbond substituents is 1. The molecule has 136 valence electrons. The lowest BCUT2D eigenvalue weighted by Crippen LogP contribution is -2.25. The predicted molar refractivity (Wildman–Crippen MR) is 103 cm³/mol. The van der Waals surface area contributed by atoms with E-state index in [9.17, 15) is 14.3 Å². The van der Waals surface area contributed by atoms with Crippen molar-refractivity contribution >= 4 is 17.2 Å². The predicted octanol–water partition coefficient (Wildman–Crippen LogP) is 3.67. The minimum atomic E-state index is -0.274. The molecule has 0 atom stereocenters. The number of nitrogens with zero attached hydrogens (tertiary/aromatic N) is 1. The van der Waals surface area contributed by atoms with E-state index >= 15 is 0 Å². The lowest BCUT2D eigenvalue weighted by Gasteiger charge is -2.04. The van der Waals surface area contributed by atoms with Crippen LogP contribution in [-0.2, 0) is 6.42 Å². The van der Waals surface area contributed by atoms with Gasteiger partial charge in [0.25, 0.3) is 5.91 Å². The molecule has 0 aliphatic carbocycles. The highest BCUT2D eigenvalue weighted by Gasteiger charge is 2.14. The second-order valence-electron chi connectivity index (χ2n) is 5.86. The number of aromatic hydroxyl groups is 1. The Hall–Kier alpha value is -3.17. The molecule has 0 saturated heterocycles. The van der Waals surface area contributed by atoms with Crippen LogP contribution in [0.3, 0.4) is 0 Å². The summed E-state index contributed by atoms with van der Waals surface area (Å²) in [5, 5.41) is 12.7. The number of carbonyl (C=O) groups excluding carboxylic acids is 1. The molecule has 4 nitrogen and oxygen atoms in total. The normalized spacial score (nSPS) is 10.1. The number of nitrogens with one attached hydrogen (secondary N) is 1. The smallest absolute Gasteiger partial charge is 0.263 e. The first-order chi connectivity index (χ1) is 13.0. The lowest BCUT2D eigenvalue weighted by molar-refractivity contribution is 0.0957. The fourth-order valence-electron chi connectivity index (χ4n) is 2.38. The van der Waals surface area contributed by atoms with Crippen molar-refractivity contribution in [1.82, 2.24) is 10.3 Å². The highest BCUT2D eigenvalue weighted by atomic mass is 32.1. The number of halogens is 1. The van der Waals surface area contributed by atoms with Crippen molar-refractivity contribution in [2.24, 2.45) is 0 Å². The maximum Gasteiger partial charge on any atom is 0.263 e. The highest BCUT2D eigenvalue weighted by molar-refractivity contribution is 7.14. The van der Waals surface area contributed by atoms with Crippen LogP contribution in [0.4, 0.5) is 4.39 Å². The van der Waals surface area contributed by atoms with Crippen LogP contribution >= 0.6 is 11.3 Å². The Labute approximate surface area is 160 Å². The fourth-order valence-corrected chi connectivity index (χ4v) is 3.22. The maximum atomic E-state index is 12.9. The van der Waals surface area contributed by atoms with Gasteiger partial charge in [-0.1, -0.05) is 18.1 Å². The molecule has 0 unspecified atom stereocenters. The Morgan fingerprint density at radius 3 is 2.56 bits per heavy atom. The van der Waals surface area contributed by atoms with E-state index in [4.69, 9.17) is 0 Å². The van der Waals surface area contributed by atoms with Gasteiger partial charge in [-0.15, -0.1) is 11.3 Å². The summed E-state index contributed by atoms with van der Waals surface area (Å²) in [4.78, 5) is 17.2. The van der Waals surface area contributed by atoms with E-state index in [0.717, 1.165) is 11.1 Å². The molecule has 2 N–H and O–H groups in total. The molecule has 1 aromatic heterocycles. The number of thiazole rings is 1. The molecular formula is C21H17FN2O2S. The number of phenols is 1. The van der Waals surface area contributed by atoms with E-state index in [1.165, 1.54) is 23.5 Å². The lowest BCUT2D eigenvalue weighted by atomic mass is 10.1. The SMILES string of the molecule is Cc1nc(C#Cc2ccc(O)cc2)sc1C(=O)NCCc1ccc(F)cc1. The average Bonchev–Trinajstić information content (AvgIpc) is 3.03. The van der Waals surface area contributed by atoms with Gasteiger partial charge in [-0.25, -0.2) is 9.37 Å². The van der Waals surface area contributed by atoms with Gasteiger partial charge in [-0.3, -0.25) is 4.79 Å². The van der Waals surface area contributed by atoms with E-state index in [-0.39, 0.29) is 17.5 Å². The van der Waals surface area contributed by atoms with E-state index in [1.807, 2.05) is 0 Å². The second kappa shape index (κ2) is 8.47. The summed E-state index contributed by atoms with van der Waals surface area (Å²) in [6, 6.07) is 12.8. The zero-order valence-corrected chi connectivity index (χ0v) is 15.4. The van der Waals surface area contributed by atoms with Crippen LogP contribution in [0.25, 0.3) is 0 Å². The molecule has 1 amide bonds. The number of hydrogen-bond donors (Lipinski definition) is 2. The quantitative estimate of drug-likeness (QED) is 0.679. The molecular weight excluding hydrogens is 363 g/mol. The van der Waals surface area contributed by atoms with Gasteiger partial charge in [0.1, 0.15) is 16.4 Å². The van der Waals surface area contributed by atoms with E-state index in [2.05, 4.69) is 22.1 Å². The summed E-state index contributed by atoms with van der Waals surface area (Å²) < 4.78 is 12.9. The molecule has 0 spiro atoms. The molecule has 1 heterocycles. The molecule has 0 fully saturated rings. The number of amides is 1. The minimum absolute atomic E-state index is 0.185. The van der Waals surface area contributed by atoms with Crippen molar-refractivity contribution in [3.05, 3.63) is 81.1 Å². The molecule has 6 heteroatoms. The first-order valence-electron chi connectivity index (χ1n) is 8.32. The topological polar surface area (TPSA) is 62.2 Å². The number of aryl methyl sites for hydroxylation is 1. The van der Waals surface area contributed by atoms with Gasteiger partial charge in [-0.05, 0) is 61.2 Å². The van der Waals surface area contributed by atoms with Crippen LogP contribution in [0, 0.1) is 24.6 Å². The van der Waals surface area contributed by atoms with Crippen molar-refractivity contribution in [2.75, 3.05) is 6.54 Å². The van der Waals surface area contributed by atoms with Crippen LogP contribution in [-0.4, -0.2) is 22.5 Å². The van der Waals surface area contributed by atoms with Gasteiger partial charge >= 0.3 is 0 Å². The largest absolute Gasteiger partial charge is 0.508 e. The van der Waals surface area contributed by atoms with Crippen LogP contribution < -0.4 is 5.32 Å². The van der Waals surface area contributed by atoms with Crippen molar-refractivity contribution in [3.63, 3.8) is 0 Å². The maximum absolute atomic E-state index is 12.9. The van der Waals surface area contributed by atoms with E-state index in [1.54, 1.807) is 43.3 Å². The summed E-state index contributed by atoms with van der Waals surface area (Å²) in [7, 11) is 0. The van der Waals surface area contributed by atoms with Crippen LogP contribution in [0.1, 0.15) is 31.5 Å². The zero-order valence-electron chi connectivity index (χ0n) is 14.6. The molecule has 3 aromatic rings. The van der Waals surface area contributed by atoms with Crippen molar-refractivity contribution < 1.29 is 14.3 Å². The Morgan fingerprint density at radius 1 is 1.15 bits per heavy atom. The summed E-state index contributed by atoms with van der Waals surface area (Å²) in [6.45, 7) is 2.23. The molecule has 0 aliphatic rings. The number of rotatable bonds is 4. The van der Waals surface area contributed by atoms with Crippen molar-refractivity contribution in [2.45, 2.75) is 13.3 Å². The second-order valence-corrected chi connectivity index (χ2v) is 6.86. The Kier molecular flexibility index (Phi) is 5.84. The minimum Gasteiger partial charge on any atom is -0.508 e. The fraction of sp³-hybridized carbons (Fsp3) is 0.143. The molecule has 0 bridgehead atoms. The monoisotopic (exact) mass is 380 g/mol. The Morgan fingerprint density at radius 2 is 1.85 bits per heavy atom. The molecule has 3 rings (SSSR count). The summed E-state index contributed by atoms with van der Waals surface area (Å²) in [5.41, 5.74) is 2.35. The third kappa shape index (κ3) is 5.16. The molecule has 0 aliphatic heterocycles. The van der Waals surface area contributed by atoms with E-state index in [0.29, 0.717) is 28.5 Å². The number of aromatic nitrogens is 1. The molecule has 27 heavy (non-hydrogen) atoms. The molecule has 2 aromatic carbocycles. The number of benzene rings is 2. The standard InChI is InChI=1S/C21H17FN2O2S/c1-14-20(21(26)23-13-12-16-2-7-17(22)8-3-16)27-19(24-14)11-6-15-4-9-18(25)10-5-15/h2-5,7-10,25H,12-13H2,1H3,(H,23,26). The highest BCUT2D eigenvalue weighted by Crippen LogP contribution is 2.17. The van der Waals surface area contributed by atoms with Crippen molar-refractivity contribution in [3.8, 4) is 17.6 Å². The van der Waals surface area contributed by atoms with Crippen LogP contribution in [0.15, 0.2) is 48.5 Å². The third-order valence-electron chi connectivity index (χ3n) is 3.80. The zero-order chi connectivity index (χ0) is 19.2. The van der Waals surface area contributed by atoms with Gasteiger partial charge in [-0.2, -0.15) is 0 Å². The average molecular weight is 380 g/mol. The Bertz CT molecular complexity index is 999.